The van der Waals surface area contributed by atoms with Crippen LogP contribution in [0.1, 0.15) is 5.69 Å². The fourth-order valence-electron chi connectivity index (χ4n) is 1.73. The Balaban J connectivity index is 1.77. The first kappa shape index (κ1) is 16.0. The van der Waals surface area contributed by atoms with Crippen molar-refractivity contribution in [3.8, 4) is 23.0 Å². The zero-order chi connectivity index (χ0) is 16.2. The van der Waals surface area contributed by atoms with Gasteiger partial charge in [-0.3, -0.25) is 0 Å². The van der Waals surface area contributed by atoms with Crippen LogP contribution in [0.25, 0.3) is 11.5 Å². The van der Waals surface area contributed by atoms with Crippen molar-refractivity contribution in [1.82, 2.24) is 19.8 Å². The van der Waals surface area contributed by atoms with Gasteiger partial charge < -0.3 is 13.9 Å². The Morgan fingerprint density at radius 2 is 1.87 bits per heavy atom. The lowest BCUT2D eigenvalue weighted by Crippen LogP contribution is -1.88. The Bertz CT molecular complexity index is 786. The van der Waals surface area contributed by atoms with Crippen molar-refractivity contribution in [2.45, 2.75) is 11.0 Å². The van der Waals surface area contributed by atoms with Crippen LogP contribution in [0.15, 0.2) is 27.8 Å². The molecule has 0 unspecified atom stereocenters. The Kier molecular flexibility index (Phi) is 4.99. The highest BCUT2D eigenvalue weighted by Gasteiger charge is 2.13. The second kappa shape index (κ2) is 7.16. The van der Waals surface area contributed by atoms with E-state index in [1.165, 1.54) is 11.8 Å². The highest BCUT2D eigenvalue weighted by atomic mass is 35.5. The number of nitrogens with zero attached hydrogens (tertiary/aromatic N) is 4. The lowest BCUT2D eigenvalue weighted by Gasteiger charge is -2.05. The van der Waals surface area contributed by atoms with Crippen LogP contribution in [-0.4, -0.2) is 34.0 Å². The minimum absolute atomic E-state index is 0.382. The van der Waals surface area contributed by atoms with E-state index in [9.17, 15) is 0 Å². The molecule has 0 atom stereocenters. The number of aromatic nitrogens is 4. The molecule has 2 heterocycles. The molecule has 3 aromatic rings. The average Bonchev–Trinajstić information content (AvgIpc) is 3.21. The molecule has 0 bridgehead atoms. The van der Waals surface area contributed by atoms with Crippen molar-refractivity contribution in [1.29, 1.82) is 0 Å². The fourth-order valence-corrected chi connectivity index (χ4v) is 3.22. The Morgan fingerprint density at radius 1 is 1.13 bits per heavy atom. The minimum atomic E-state index is 0.382. The first-order valence-corrected chi connectivity index (χ1v) is 8.49. The van der Waals surface area contributed by atoms with E-state index >= 15 is 0 Å². The van der Waals surface area contributed by atoms with Crippen LogP contribution in [0.2, 0.25) is 4.34 Å². The molecule has 0 saturated heterocycles. The molecule has 0 amide bonds. The normalized spacial score (nSPS) is 10.7. The molecule has 10 heteroatoms. The van der Waals surface area contributed by atoms with E-state index in [2.05, 4.69) is 19.8 Å². The van der Waals surface area contributed by atoms with E-state index in [0.29, 0.717) is 44.0 Å². The maximum absolute atomic E-state index is 5.96. The van der Waals surface area contributed by atoms with Gasteiger partial charge in [0.05, 0.1) is 14.2 Å². The number of thioether (sulfide) groups is 1. The van der Waals surface area contributed by atoms with Gasteiger partial charge in [0.15, 0.2) is 0 Å². The summed E-state index contributed by atoms with van der Waals surface area (Å²) in [4.78, 5) is 0. The fraction of sp³-hybridized carbons (Fsp3) is 0.231. The summed E-state index contributed by atoms with van der Waals surface area (Å²) in [6.07, 6.45) is 0. The molecule has 23 heavy (non-hydrogen) atoms. The zero-order valence-corrected chi connectivity index (χ0v) is 14.5. The Morgan fingerprint density at radius 3 is 2.48 bits per heavy atom. The summed E-state index contributed by atoms with van der Waals surface area (Å²) in [7, 11) is 3.17. The van der Waals surface area contributed by atoms with E-state index < -0.39 is 0 Å². The minimum Gasteiger partial charge on any atom is -0.497 e. The molecule has 0 fully saturated rings. The monoisotopic (exact) mass is 370 g/mol. The summed E-state index contributed by atoms with van der Waals surface area (Å²) in [6, 6.07) is 5.37. The van der Waals surface area contributed by atoms with Gasteiger partial charge in [-0.15, -0.1) is 15.3 Å². The summed E-state index contributed by atoms with van der Waals surface area (Å²) >= 11 is 8.45. The predicted octanol–water partition coefficient (Wildman–Crippen LogP) is 3.55. The third-order valence-corrected chi connectivity index (χ3v) is 4.66. The smallest absolute Gasteiger partial charge is 0.277 e. The summed E-state index contributed by atoms with van der Waals surface area (Å²) in [6.45, 7) is 0. The molecule has 0 aliphatic rings. The third kappa shape index (κ3) is 3.74. The van der Waals surface area contributed by atoms with Gasteiger partial charge in [-0.1, -0.05) is 27.9 Å². The molecular weight excluding hydrogens is 360 g/mol. The number of rotatable bonds is 6. The number of hydrogen-bond donors (Lipinski definition) is 0. The van der Waals surface area contributed by atoms with Crippen LogP contribution >= 0.6 is 34.9 Å². The van der Waals surface area contributed by atoms with Crippen molar-refractivity contribution >= 4 is 34.9 Å². The molecule has 0 aliphatic heterocycles. The van der Waals surface area contributed by atoms with Gasteiger partial charge in [-0.25, -0.2) is 0 Å². The molecule has 0 N–H and O–H groups in total. The summed E-state index contributed by atoms with van der Waals surface area (Å²) in [5, 5.41) is 12.4. The highest BCUT2D eigenvalue weighted by Crippen LogP contribution is 2.32. The number of methoxy groups -OCH3 is 2. The second-order valence-electron chi connectivity index (χ2n) is 4.26. The van der Waals surface area contributed by atoms with Crippen molar-refractivity contribution in [3.05, 3.63) is 28.2 Å². The molecule has 0 saturated carbocycles. The van der Waals surface area contributed by atoms with Crippen LogP contribution in [-0.2, 0) is 5.75 Å². The second-order valence-corrected chi connectivity index (χ2v) is 6.54. The largest absolute Gasteiger partial charge is 0.497 e. The Labute approximate surface area is 145 Å². The summed E-state index contributed by atoms with van der Waals surface area (Å²) in [5.41, 5.74) is 1.42. The number of ether oxygens (including phenoxy) is 2. The quantitative estimate of drug-likeness (QED) is 0.609. The van der Waals surface area contributed by atoms with E-state index in [0.717, 1.165) is 11.5 Å². The van der Waals surface area contributed by atoms with E-state index in [4.69, 9.17) is 25.5 Å². The first-order valence-electron chi connectivity index (χ1n) is 6.36. The van der Waals surface area contributed by atoms with Crippen LogP contribution in [0.5, 0.6) is 11.5 Å². The van der Waals surface area contributed by atoms with Crippen molar-refractivity contribution in [2.24, 2.45) is 0 Å². The zero-order valence-electron chi connectivity index (χ0n) is 12.1. The summed E-state index contributed by atoms with van der Waals surface area (Å²) in [5.74, 6) is 2.18. The lowest BCUT2D eigenvalue weighted by molar-refractivity contribution is 0.394. The van der Waals surface area contributed by atoms with E-state index in [1.54, 1.807) is 32.4 Å². The SMILES string of the molecule is COc1cc(OC)cc(-c2nnc(SCc3nnsc3Cl)o2)c1. The standard InChI is InChI=1S/C13H11ClN4O3S2/c1-19-8-3-7(4-9(5-8)20-2)12-16-17-13(21-12)22-6-10-11(14)23-18-15-10/h3-5H,6H2,1-2H3. The van der Waals surface area contributed by atoms with Gasteiger partial charge in [-0.2, -0.15) is 0 Å². The van der Waals surface area contributed by atoms with E-state index in [1.807, 2.05) is 0 Å². The third-order valence-electron chi connectivity index (χ3n) is 2.85. The molecule has 0 radical (unpaired) electrons. The number of benzene rings is 1. The lowest BCUT2D eigenvalue weighted by atomic mass is 10.2. The molecule has 7 nitrogen and oxygen atoms in total. The first-order chi connectivity index (χ1) is 11.2. The van der Waals surface area contributed by atoms with Crippen molar-refractivity contribution < 1.29 is 13.9 Å². The topological polar surface area (TPSA) is 83.2 Å². The maximum atomic E-state index is 5.96. The number of halogens is 1. The molecule has 0 aliphatic carbocycles. The van der Waals surface area contributed by atoms with Gasteiger partial charge in [0.25, 0.3) is 5.22 Å². The molecule has 3 rings (SSSR count). The van der Waals surface area contributed by atoms with Crippen LogP contribution in [0, 0.1) is 0 Å². The van der Waals surface area contributed by atoms with E-state index in [-0.39, 0.29) is 0 Å². The van der Waals surface area contributed by atoms with Crippen LogP contribution in [0.4, 0.5) is 0 Å². The van der Waals surface area contributed by atoms with Gasteiger partial charge in [0, 0.05) is 28.9 Å². The van der Waals surface area contributed by atoms with Crippen molar-refractivity contribution in [3.63, 3.8) is 0 Å². The predicted molar refractivity (Wildman–Crippen MR) is 87.3 cm³/mol. The Hall–Kier alpha value is -1.84. The maximum Gasteiger partial charge on any atom is 0.277 e. The van der Waals surface area contributed by atoms with Crippen molar-refractivity contribution in [2.75, 3.05) is 14.2 Å². The average molecular weight is 371 g/mol. The van der Waals surface area contributed by atoms with Gasteiger partial charge >= 0.3 is 0 Å². The van der Waals surface area contributed by atoms with Gasteiger partial charge in [-0.05, 0) is 12.1 Å². The number of hydrogen-bond acceptors (Lipinski definition) is 9. The molecule has 120 valence electrons. The van der Waals surface area contributed by atoms with Gasteiger partial charge in [0.1, 0.15) is 21.5 Å². The molecular formula is C13H11ClN4O3S2. The van der Waals surface area contributed by atoms with Crippen LogP contribution in [0.3, 0.4) is 0 Å². The molecule has 2 aromatic heterocycles. The van der Waals surface area contributed by atoms with Gasteiger partial charge in [0.2, 0.25) is 5.89 Å². The summed E-state index contributed by atoms with van der Waals surface area (Å²) < 4.78 is 20.5. The molecule has 1 aromatic carbocycles. The molecule has 0 spiro atoms. The van der Waals surface area contributed by atoms with Crippen LogP contribution < -0.4 is 9.47 Å². The highest BCUT2D eigenvalue weighted by molar-refractivity contribution is 7.98.